The molecule has 11 heteroatoms. The molecule has 0 aliphatic heterocycles. The van der Waals surface area contributed by atoms with E-state index in [4.69, 9.17) is 18.6 Å². The molecule has 1 amide bonds. The average Bonchev–Trinajstić information content (AvgIpc) is 2.78. The number of para-hydroxylation sites is 1. The van der Waals surface area contributed by atoms with Gasteiger partial charge in [-0.3, -0.25) is 4.79 Å². The maximum Gasteiger partial charge on any atom is 0.453 e. The van der Waals surface area contributed by atoms with Crippen LogP contribution in [-0.2, 0) is 15.7 Å². The predicted molar refractivity (Wildman–Crippen MR) is 132 cm³/mol. The van der Waals surface area contributed by atoms with Crippen LogP contribution in [0.5, 0.6) is 17.2 Å². The fourth-order valence-corrected chi connectivity index (χ4v) is 3.43. The summed E-state index contributed by atoms with van der Waals surface area (Å²) in [7, 11) is 0. The quantitative estimate of drug-likeness (QED) is 0.274. The van der Waals surface area contributed by atoms with E-state index >= 15 is 0 Å². The first-order chi connectivity index (χ1) is 17.6. The van der Waals surface area contributed by atoms with Crippen LogP contribution in [0.4, 0.5) is 18.0 Å². The number of alkyl halides is 3. The molecule has 1 aromatic heterocycles. The summed E-state index contributed by atoms with van der Waals surface area (Å²) in [5.74, 6) is -3.70. The Morgan fingerprint density at radius 2 is 1.66 bits per heavy atom. The van der Waals surface area contributed by atoms with Crippen molar-refractivity contribution in [1.82, 2.24) is 5.32 Å². The van der Waals surface area contributed by atoms with E-state index in [9.17, 15) is 27.6 Å². The molecular weight excluding hydrogens is 507 g/mol. The van der Waals surface area contributed by atoms with Crippen molar-refractivity contribution < 1.29 is 41.4 Å². The number of alkyl carbamates (subject to hydrolysis) is 1. The molecule has 1 heterocycles. The number of carbonyl (C=O) groups is 2. The Morgan fingerprint density at radius 3 is 2.24 bits per heavy atom. The lowest BCUT2D eigenvalue weighted by molar-refractivity contribution is -0.154. The number of amides is 1. The van der Waals surface area contributed by atoms with Crippen LogP contribution >= 0.6 is 0 Å². The number of nitrogens with one attached hydrogen (secondary N) is 1. The van der Waals surface area contributed by atoms with E-state index in [0.29, 0.717) is 0 Å². The summed E-state index contributed by atoms with van der Waals surface area (Å²) >= 11 is 0. The van der Waals surface area contributed by atoms with Crippen LogP contribution in [0.25, 0.3) is 11.0 Å². The van der Waals surface area contributed by atoms with Gasteiger partial charge in [-0.2, -0.15) is 13.2 Å². The first-order valence-electron chi connectivity index (χ1n) is 11.8. The third kappa shape index (κ3) is 7.50. The number of hydrogen-bond donors (Lipinski definition) is 1. The number of esters is 1. The van der Waals surface area contributed by atoms with E-state index in [-0.39, 0.29) is 29.2 Å². The third-order valence-corrected chi connectivity index (χ3v) is 4.94. The smallest absolute Gasteiger partial charge is 0.449 e. The Hall–Kier alpha value is -4.02. The summed E-state index contributed by atoms with van der Waals surface area (Å²) in [6.45, 7) is 8.65. The Kier molecular flexibility index (Phi) is 8.38. The fourth-order valence-electron chi connectivity index (χ4n) is 3.43. The molecule has 38 heavy (non-hydrogen) atoms. The van der Waals surface area contributed by atoms with E-state index in [0.717, 1.165) is 6.07 Å². The number of rotatable bonds is 7. The van der Waals surface area contributed by atoms with E-state index < -0.39 is 52.4 Å². The van der Waals surface area contributed by atoms with Gasteiger partial charge in [0.25, 0.3) is 5.76 Å². The van der Waals surface area contributed by atoms with Crippen molar-refractivity contribution in [3.05, 3.63) is 64.5 Å². The van der Waals surface area contributed by atoms with Gasteiger partial charge in [-0.1, -0.05) is 32.0 Å². The van der Waals surface area contributed by atoms with Crippen LogP contribution < -0.4 is 20.2 Å². The fraction of sp³-hybridized carbons (Fsp3) is 0.370. The SMILES string of the molecule is CC(C)C[C@@H](NC(=O)OC(C)(C)C)C(=O)Oc1ccc2c(=O)c(Oc3ccccc3)c(C(F)(F)F)oc2c1. The Bertz CT molecular complexity index is 1360. The molecule has 0 radical (unpaired) electrons. The molecule has 2 aromatic carbocycles. The van der Waals surface area contributed by atoms with Gasteiger partial charge in [0.1, 0.15) is 28.7 Å². The molecule has 0 fully saturated rings. The molecule has 0 saturated carbocycles. The number of ether oxygens (including phenoxy) is 3. The van der Waals surface area contributed by atoms with Gasteiger partial charge < -0.3 is 23.9 Å². The van der Waals surface area contributed by atoms with Crippen LogP contribution in [0.15, 0.2) is 57.7 Å². The second kappa shape index (κ2) is 11.2. The van der Waals surface area contributed by atoms with Gasteiger partial charge >= 0.3 is 18.2 Å². The topological polar surface area (TPSA) is 104 Å². The zero-order chi connectivity index (χ0) is 28.3. The maximum absolute atomic E-state index is 13.8. The second-order valence-electron chi connectivity index (χ2n) is 9.91. The van der Waals surface area contributed by atoms with Crippen molar-refractivity contribution in [2.75, 3.05) is 0 Å². The van der Waals surface area contributed by atoms with Crippen molar-refractivity contribution in [3.8, 4) is 17.2 Å². The zero-order valence-electron chi connectivity index (χ0n) is 21.5. The summed E-state index contributed by atoms with van der Waals surface area (Å²) in [6.07, 6.45) is -5.67. The highest BCUT2D eigenvalue weighted by atomic mass is 19.4. The summed E-state index contributed by atoms with van der Waals surface area (Å²) in [4.78, 5) is 38.0. The maximum atomic E-state index is 13.8. The number of hydrogen-bond acceptors (Lipinski definition) is 7. The number of carbonyl (C=O) groups excluding carboxylic acids is 2. The van der Waals surface area contributed by atoms with Crippen molar-refractivity contribution in [3.63, 3.8) is 0 Å². The minimum Gasteiger partial charge on any atom is -0.449 e. The molecule has 0 saturated heterocycles. The molecular formula is C27H28F3NO7. The lowest BCUT2D eigenvalue weighted by atomic mass is 10.0. The average molecular weight is 536 g/mol. The van der Waals surface area contributed by atoms with Crippen molar-refractivity contribution in [2.45, 2.75) is 58.9 Å². The molecule has 0 bridgehead atoms. The standard InChI is InChI=1S/C27H28F3NO7/c1-15(2)13-19(31-25(34)38-26(3,4)5)24(33)36-17-11-12-18-20(14-17)37-23(27(28,29)30)22(21(18)32)35-16-9-7-6-8-10-16/h6-12,14-15,19H,13H2,1-5H3,(H,31,34)/t19-/m1/s1. The molecule has 1 atom stereocenters. The molecule has 3 aromatic rings. The molecule has 0 aliphatic rings. The highest BCUT2D eigenvalue weighted by Gasteiger charge is 2.40. The van der Waals surface area contributed by atoms with Crippen molar-refractivity contribution in [1.29, 1.82) is 0 Å². The number of fused-ring (bicyclic) bond motifs is 1. The third-order valence-electron chi connectivity index (χ3n) is 4.94. The van der Waals surface area contributed by atoms with Crippen molar-refractivity contribution >= 4 is 23.0 Å². The van der Waals surface area contributed by atoms with E-state index in [2.05, 4.69) is 5.32 Å². The summed E-state index contributed by atoms with van der Waals surface area (Å²) < 4.78 is 62.2. The summed E-state index contributed by atoms with van der Waals surface area (Å²) in [5.41, 5.74) is -2.32. The molecule has 0 spiro atoms. The number of benzene rings is 2. The van der Waals surface area contributed by atoms with Crippen molar-refractivity contribution in [2.24, 2.45) is 5.92 Å². The molecule has 3 rings (SSSR count). The Morgan fingerprint density at radius 1 is 1.00 bits per heavy atom. The van der Waals surface area contributed by atoms with Crippen LogP contribution in [-0.4, -0.2) is 23.7 Å². The molecule has 204 valence electrons. The molecule has 8 nitrogen and oxygen atoms in total. The normalized spacial score (nSPS) is 12.8. The summed E-state index contributed by atoms with van der Waals surface area (Å²) in [6, 6.07) is 9.80. The predicted octanol–water partition coefficient (Wildman–Crippen LogP) is 6.45. The van der Waals surface area contributed by atoms with E-state index in [1.165, 1.54) is 36.4 Å². The highest BCUT2D eigenvalue weighted by molar-refractivity contribution is 5.85. The van der Waals surface area contributed by atoms with E-state index in [1.807, 2.05) is 13.8 Å². The van der Waals surface area contributed by atoms with Crippen LogP contribution in [0.2, 0.25) is 0 Å². The molecule has 0 aliphatic carbocycles. The first-order valence-corrected chi connectivity index (χ1v) is 11.8. The lowest BCUT2D eigenvalue weighted by Crippen LogP contribution is -2.45. The van der Waals surface area contributed by atoms with E-state index in [1.54, 1.807) is 26.8 Å². The van der Waals surface area contributed by atoms with Gasteiger partial charge in [-0.05, 0) is 57.4 Å². The summed E-state index contributed by atoms with van der Waals surface area (Å²) in [5, 5.41) is 2.24. The monoisotopic (exact) mass is 535 g/mol. The highest BCUT2D eigenvalue weighted by Crippen LogP contribution is 2.38. The molecule has 1 N–H and O–H groups in total. The first kappa shape index (κ1) is 28.5. The zero-order valence-corrected chi connectivity index (χ0v) is 21.5. The van der Waals surface area contributed by atoms with Gasteiger partial charge in [0.05, 0.1) is 5.39 Å². The van der Waals surface area contributed by atoms with Gasteiger partial charge in [0, 0.05) is 6.07 Å². The lowest BCUT2D eigenvalue weighted by Gasteiger charge is -2.23. The van der Waals surface area contributed by atoms with Gasteiger partial charge in [0.15, 0.2) is 0 Å². The largest absolute Gasteiger partial charge is 0.453 e. The number of halogens is 3. The minimum absolute atomic E-state index is 0.0175. The van der Waals surface area contributed by atoms with Crippen LogP contribution in [0.3, 0.4) is 0 Å². The van der Waals surface area contributed by atoms with Gasteiger partial charge in [-0.25, -0.2) is 9.59 Å². The molecule has 0 unspecified atom stereocenters. The Balaban J connectivity index is 1.94. The van der Waals surface area contributed by atoms with Gasteiger partial charge in [0.2, 0.25) is 11.2 Å². The van der Waals surface area contributed by atoms with Crippen LogP contribution in [0.1, 0.15) is 46.8 Å². The van der Waals surface area contributed by atoms with Crippen LogP contribution in [0, 0.1) is 5.92 Å². The second-order valence-corrected chi connectivity index (χ2v) is 9.91. The van der Waals surface area contributed by atoms with Gasteiger partial charge in [-0.15, -0.1) is 0 Å². The Labute approximate surface area is 216 Å². The minimum atomic E-state index is -5.05.